The Hall–Kier alpha value is -3.48. The summed E-state index contributed by atoms with van der Waals surface area (Å²) in [5.74, 6) is -3.04. The first-order valence-corrected chi connectivity index (χ1v) is 15.8. The van der Waals surface area contributed by atoms with Crippen LogP contribution in [0.3, 0.4) is 0 Å². The molecule has 0 bridgehead atoms. The summed E-state index contributed by atoms with van der Waals surface area (Å²) in [7, 11) is -4.34. The molecule has 42 heavy (non-hydrogen) atoms. The Morgan fingerprint density at radius 3 is 2.48 bits per heavy atom. The number of allylic oxidation sites excluding steroid dienone is 1. The van der Waals surface area contributed by atoms with E-state index in [0.717, 1.165) is 37.1 Å². The number of ether oxygens (including phenoxy) is 1. The second kappa shape index (κ2) is 12.4. The number of halogens is 1. The highest BCUT2D eigenvalue weighted by Crippen LogP contribution is 2.45. The normalized spacial score (nSPS) is 27.0. The minimum Gasteiger partial charge on any atom is -0.436 e. The molecule has 4 atom stereocenters. The van der Waals surface area contributed by atoms with Gasteiger partial charge in [0.15, 0.2) is 6.10 Å². The highest BCUT2D eigenvalue weighted by atomic mass is 32.2. The summed E-state index contributed by atoms with van der Waals surface area (Å²) >= 11 is 0. The molecule has 4 amide bonds. The van der Waals surface area contributed by atoms with Crippen LogP contribution < -0.4 is 15.4 Å². The van der Waals surface area contributed by atoms with E-state index in [9.17, 15) is 32.0 Å². The van der Waals surface area contributed by atoms with Crippen LogP contribution in [-0.4, -0.2) is 66.9 Å². The molecular weight excluding hydrogens is 567 g/mol. The van der Waals surface area contributed by atoms with Gasteiger partial charge in [-0.15, -0.1) is 0 Å². The summed E-state index contributed by atoms with van der Waals surface area (Å²) in [5, 5.41) is 5.46. The fraction of sp³-hybridized carbons (Fsp3) is 0.586. The van der Waals surface area contributed by atoms with Crippen LogP contribution in [0.5, 0.6) is 0 Å². The van der Waals surface area contributed by atoms with Crippen molar-refractivity contribution in [1.82, 2.24) is 20.3 Å². The van der Waals surface area contributed by atoms with Gasteiger partial charge in [0.25, 0.3) is 21.8 Å². The zero-order valence-electron chi connectivity index (χ0n) is 24.2. The zero-order chi connectivity index (χ0) is 30.7. The fourth-order valence-electron chi connectivity index (χ4n) is 5.39. The lowest BCUT2D eigenvalue weighted by Crippen LogP contribution is -2.57. The standard InChI is InChI=1S/C29H39FN4O7S/c1-28(2,3)32-27(38)41-23-12-8-6-4-5-7-10-19-18-29(19,31-24(35)22-11-9-17-34(22)25(23)36)26(37)33-42(39,40)21-15-13-20(30)14-16-21/h7,10,13-16,19,22-23H,4-6,8-9,11-12,17-18H2,1-3H3,(H,31,35)(H,32,38)(H,33,37)/t19-,22+,23+,29-/m1/s1. The Kier molecular flexibility index (Phi) is 9.29. The number of carbonyl (C=O) groups excluding carboxylic acids is 4. The number of nitrogens with one attached hydrogen (secondary N) is 3. The minimum atomic E-state index is -4.34. The van der Waals surface area contributed by atoms with Crippen molar-refractivity contribution in [1.29, 1.82) is 0 Å². The van der Waals surface area contributed by atoms with E-state index in [1.54, 1.807) is 20.8 Å². The molecule has 0 aromatic heterocycles. The highest BCUT2D eigenvalue weighted by molar-refractivity contribution is 7.90. The summed E-state index contributed by atoms with van der Waals surface area (Å²) in [4.78, 5) is 54.3. The van der Waals surface area contributed by atoms with Crippen molar-refractivity contribution >= 4 is 33.8 Å². The third-order valence-electron chi connectivity index (χ3n) is 7.66. The maximum atomic E-state index is 13.6. The molecule has 4 rings (SSSR count). The smallest absolute Gasteiger partial charge is 0.408 e. The molecule has 3 N–H and O–H groups in total. The van der Waals surface area contributed by atoms with E-state index in [2.05, 4.69) is 10.6 Å². The largest absolute Gasteiger partial charge is 0.436 e. The molecule has 2 aliphatic heterocycles. The SMILES string of the molecule is CC(C)(C)NC(=O)O[C@H]1CCCCCC=C[C@@H]2C[C@@]2(C(=O)NS(=O)(=O)c2ccc(F)cc2)NC(=O)[C@@H]2CCCN2C1=O. The van der Waals surface area contributed by atoms with E-state index in [1.807, 2.05) is 16.9 Å². The van der Waals surface area contributed by atoms with Gasteiger partial charge in [0.1, 0.15) is 17.4 Å². The third kappa shape index (κ3) is 7.47. The molecule has 0 unspecified atom stereocenters. The van der Waals surface area contributed by atoms with Gasteiger partial charge in [0.2, 0.25) is 5.91 Å². The van der Waals surface area contributed by atoms with Crippen molar-refractivity contribution in [3.63, 3.8) is 0 Å². The molecule has 1 aliphatic carbocycles. The number of nitrogens with zero attached hydrogens (tertiary/aromatic N) is 1. The summed E-state index contributed by atoms with van der Waals surface area (Å²) in [6, 6.07) is 3.12. The van der Waals surface area contributed by atoms with E-state index in [0.29, 0.717) is 32.1 Å². The first-order valence-electron chi connectivity index (χ1n) is 14.3. The van der Waals surface area contributed by atoms with Crippen LogP contribution >= 0.6 is 0 Å². The van der Waals surface area contributed by atoms with Crippen molar-refractivity contribution in [2.24, 2.45) is 5.92 Å². The van der Waals surface area contributed by atoms with Crippen LogP contribution in [0.4, 0.5) is 9.18 Å². The molecule has 230 valence electrons. The lowest BCUT2D eigenvalue weighted by Gasteiger charge is -2.30. The van der Waals surface area contributed by atoms with Gasteiger partial charge in [-0.05, 0) is 90.0 Å². The van der Waals surface area contributed by atoms with Crippen molar-refractivity contribution < 1.29 is 36.7 Å². The molecule has 2 heterocycles. The van der Waals surface area contributed by atoms with Crippen LogP contribution in [0.2, 0.25) is 0 Å². The number of alkyl carbamates (subject to hydrolysis) is 1. The van der Waals surface area contributed by atoms with Crippen LogP contribution in [0.15, 0.2) is 41.3 Å². The molecular formula is C29H39FN4O7S. The topological polar surface area (TPSA) is 151 Å². The molecule has 0 spiro atoms. The summed E-state index contributed by atoms with van der Waals surface area (Å²) < 4.78 is 46.7. The van der Waals surface area contributed by atoms with Crippen LogP contribution in [0.25, 0.3) is 0 Å². The van der Waals surface area contributed by atoms with Gasteiger partial charge in [0.05, 0.1) is 4.90 Å². The number of sulfonamides is 1. The van der Waals surface area contributed by atoms with Crippen LogP contribution in [0.1, 0.15) is 72.1 Å². The number of amides is 4. The molecule has 1 saturated carbocycles. The molecule has 1 saturated heterocycles. The minimum absolute atomic E-state index is 0.180. The molecule has 11 nitrogen and oxygen atoms in total. The van der Waals surface area contributed by atoms with Crippen LogP contribution in [0, 0.1) is 11.7 Å². The van der Waals surface area contributed by atoms with Crippen molar-refractivity contribution in [2.45, 2.75) is 100 Å². The van der Waals surface area contributed by atoms with Gasteiger partial charge in [-0.1, -0.05) is 18.6 Å². The Morgan fingerprint density at radius 1 is 1.07 bits per heavy atom. The third-order valence-corrected chi connectivity index (χ3v) is 9.01. The number of fused-ring (bicyclic) bond motifs is 2. The average molecular weight is 607 g/mol. The van der Waals surface area contributed by atoms with Gasteiger partial charge >= 0.3 is 6.09 Å². The van der Waals surface area contributed by atoms with Crippen molar-refractivity contribution in [3.05, 3.63) is 42.2 Å². The van der Waals surface area contributed by atoms with E-state index < -0.39 is 68.8 Å². The second-order valence-corrected chi connectivity index (χ2v) is 13.9. The molecule has 1 aromatic carbocycles. The Morgan fingerprint density at radius 2 is 1.79 bits per heavy atom. The first-order chi connectivity index (χ1) is 19.7. The number of hydrogen-bond acceptors (Lipinski definition) is 7. The maximum absolute atomic E-state index is 13.6. The number of benzene rings is 1. The lowest BCUT2D eigenvalue weighted by atomic mass is 10.1. The second-order valence-electron chi connectivity index (χ2n) is 12.2. The Balaban J connectivity index is 1.56. The van der Waals surface area contributed by atoms with Crippen molar-refractivity contribution in [3.8, 4) is 0 Å². The van der Waals surface area contributed by atoms with Gasteiger partial charge in [0, 0.05) is 18.0 Å². The lowest BCUT2D eigenvalue weighted by molar-refractivity contribution is -0.146. The molecule has 13 heteroatoms. The molecule has 0 radical (unpaired) electrons. The first kappa shape index (κ1) is 31.5. The Bertz CT molecular complexity index is 1340. The van der Waals surface area contributed by atoms with Gasteiger partial charge in [-0.2, -0.15) is 0 Å². The summed E-state index contributed by atoms with van der Waals surface area (Å²) in [6.07, 6.45) is 6.14. The van der Waals surface area contributed by atoms with Crippen molar-refractivity contribution in [2.75, 3.05) is 6.54 Å². The fourth-order valence-corrected chi connectivity index (χ4v) is 6.42. The molecule has 1 aromatic rings. The molecule has 3 aliphatic rings. The van der Waals surface area contributed by atoms with E-state index in [-0.39, 0.29) is 17.9 Å². The maximum Gasteiger partial charge on any atom is 0.408 e. The molecule has 2 fully saturated rings. The summed E-state index contributed by atoms with van der Waals surface area (Å²) in [5.41, 5.74) is -2.09. The zero-order valence-corrected chi connectivity index (χ0v) is 25.0. The van der Waals surface area contributed by atoms with E-state index >= 15 is 0 Å². The number of hydrogen-bond donors (Lipinski definition) is 3. The van der Waals surface area contributed by atoms with Crippen LogP contribution in [-0.2, 0) is 29.1 Å². The predicted molar refractivity (Wildman–Crippen MR) is 151 cm³/mol. The van der Waals surface area contributed by atoms with Gasteiger partial charge < -0.3 is 20.3 Å². The van der Waals surface area contributed by atoms with Gasteiger partial charge in [-0.25, -0.2) is 22.3 Å². The predicted octanol–water partition coefficient (Wildman–Crippen LogP) is 2.91. The number of rotatable bonds is 4. The highest BCUT2D eigenvalue weighted by Gasteiger charge is 2.61. The van der Waals surface area contributed by atoms with E-state index in [1.165, 1.54) is 4.90 Å². The van der Waals surface area contributed by atoms with E-state index in [4.69, 9.17) is 4.74 Å². The van der Waals surface area contributed by atoms with Gasteiger partial charge in [-0.3, -0.25) is 14.4 Å². The average Bonchev–Trinajstić information content (AvgIpc) is 3.35. The Labute approximate surface area is 245 Å². The summed E-state index contributed by atoms with van der Waals surface area (Å²) in [6.45, 7) is 5.66. The quantitative estimate of drug-likeness (QED) is 0.446. The monoisotopic (exact) mass is 606 g/mol. The number of carbonyl (C=O) groups is 4.